The lowest BCUT2D eigenvalue weighted by molar-refractivity contribution is -0.287. The minimum atomic E-state index is -5.49. The van der Waals surface area contributed by atoms with E-state index in [0.717, 1.165) is 16.8 Å². The van der Waals surface area contributed by atoms with Crippen LogP contribution in [0.4, 0.5) is 4.39 Å². The summed E-state index contributed by atoms with van der Waals surface area (Å²) in [7, 11) is -2.36. The van der Waals surface area contributed by atoms with Crippen LogP contribution in [0.5, 0.6) is 0 Å². The van der Waals surface area contributed by atoms with Crippen molar-refractivity contribution in [1.29, 1.82) is 0 Å². The zero-order chi connectivity index (χ0) is 30.2. The maximum atomic E-state index is 13.9. The molecule has 3 heterocycles. The van der Waals surface area contributed by atoms with E-state index < -0.39 is 100 Å². The van der Waals surface area contributed by atoms with Crippen molar-refractivity contribution in [3.63, 3.8) is 0 Å². The minimum absolute atomic E-state index is 0.667. The highest BCUT2D eigenvalue weighted by Crippen LogP contribution is 2.61. The fourth-order valence-corrected chi connectivity index (χ4v) is 7.22. The molecule has 0 saturated carbocycles. The lowest BCUT2D eigenvalue weighted by atomic mass is 9.96. The van der Waals surface area contributed by atoms with E-state index in [1.54, 1.807) is 14.1 Å². The zero-order valence-corrected chi connectivity index (χ0v) is 23.4. The Labute approximate surface area is 229 Å². The minimum Gasteiger partial charge on any atom is -0.393 e. The van der Waals surface area contributed by atoms with Crippen molar-refractivity contribution in [2.75, 3.05) is 27.3 Å². The van der Waals surface area contributed by atoms with Gasteiger partial charge in [-0.25, -0.2) is 18.1 Å². The van der Waals surface area contributed by atoms with Gasteiger partial charge in [0.25, 0.3) is 5.56 Å². The number of nitrogens with zero attached hydrogens (tertiary/aromatic N) is 2. The van der Waals surface area contributed by atoms with Crippen LogP contribution in [-0.2, 0) is 39.2 Å². The summed E-state index contributed by atoms with van der Waals surface area (Å²) in [6.45, 7) is -6.59. The Balaban J connectivity index is 1.67. The molecule has 0 bridgehead atoms. The standard InChI is InChI=1S/C18H30FN3O15P2S/c1-21(2)10-11(25)8(34-16(10)22-4-3-9(24)20-18(22)29)6-33-39(32,40)37-38(30,31)36-17-14(28)12(26)13(27)15(35-17)7(19)5-23/h3-4,7-8,10-17,23,25-28H,5-6H2,1-2H3,(H,30,31)(H,32,40)(H,20,24,29)/t7-,8+,10+,11+,12?,13?,14?,15?,16+,17?,39?/m0/s1. The first-order valence-corrected chi connectivity index (χ1v) is 15.5. The molecule has 2 aliphatic heterocycles. The van der Waals surface area contributed by atoms with Crippen molar-refractivity contribution in [3.8, 4) is 0 Å². The summed E-state index contributed by atoms with van der Waals surface area (Å²) in [6.07, 6.45) is -15.6. The van der Waals surface area contributed by atoms with Gasteiger partial charge in [-0.1, -0.05) is 0 Å². The number of hydrogen-bond acceptors (Lipinski definition) is 15. The molecular formula is C18H30FN3O15P2S. The van der Waals surface area contributed by atoms with Gasteiger partial charge >= 0.3 is 20.2 Å². The van der Waals surface area contributed by atoms with E-state index in [1.165, 1.54) is 4.90 Å². The van der Waals surface area contributed by atoms with E-state index in [2.05, 4.69) is 8.83 Å². The Bertz CT molecular complexity index is 1240. The topological polar surface area (TPSA) is 263 Å². The number of halogens is 1. The highest BCUT2D eigenvalue weighted by Gasteiger charge is 2.51. The number of aliphatic hydroxyl groups excluding tert-OH is 5. The second-order valence-electron chi connectivity index (χ2n) is 9.09. The van der Waals surface area contributed by atoms with Crippen LogP contribution in [0, 0.1) is 0 Å². The molecule has 1 aromatic heterocycles. The van der Waals surface area contributed by atoms with Crippen LogP contribution < -0.4 is 11.2 Å². The van der Waals surface area contributed by atoms with Gasteiger partial charge < -0.3 is 49.3 Å². The Kier molecular flexibility index (Phi) is 11.0. The van der Waals surface area contributed by atoms with Crippen molar-refractivity contribution in [1.82, 2.24) is 14.5 Å². The van der Waals surface area contributed by atoms with Crippen LogP contribution in [0.15, 0.2) is 21.9 Å². The third-order valence-electron chi connectivity index (χ3n) is 6.04. The normalized spacial score (nSPS) is 36.7. The SMILES string of the molecule is CN(C)[C@@H]1[C@H](O)[C@@H](COP(O)(=S)OP(=O)(O)OC2OC([C@@H](F)CO)C(O)C(O)C2O)O[C@H]1n1ccc(=O)[nH]c1=O. The maximum absolute atomic E-state index is 13.9. The number of alkyl halides is 1. The number of ether oxygens (including phenoxy) is 2. The molecule has 3 rings (SSSR count). The Hall–Kier alpha value is -1.03. The molecule has 0 amide bonds. The number of likely N-dealkylation sites (N-methyl/N-ethyl adjacent to an activating group) is 1. The molecule has 1 aromatic rings. The molecule has 2 aliphatic rings. The van der Waals surface area contributed by atoms with Crippen LogP contribution >= 0.6 is 14.5 Å². The summed E-state index contributed by atoms with van der Waals surface area (Å²) in [5.41, 5.74) is -1.50. The van der Waals surface area contributed by atoms with Gasteiger partial charge in [0.15, 0.2) is 18.7 Å². The van der Waals surface area contributed by atoms with Crippen molar-refractivity contribution in [3.05, 3.63) is 33.1 Å². The summed E-state index contributed by atoms with van der Waals surface area (Å²) >= 11 is 4.71. The smallest absolute Gasteiger partial charge is 0.393 e. The molecular weight excluding hydrogens is 611 g/mol. The van der Waals surface area contributed by atoms with Gasteiger partial charge in [-0.15, -0.1) is 0 Å². The van der Waals surface area contributed by atoms with Crippen molar-refractivity contribution in [2.24, 2.45) is 0 Å². The second-order valence-corrected chi connectivity index (χ2v) is 13.5. The molecule has 230 valence electrons. The number of aromatic nitrogens is 2. The summed E-state index contributed by atoms with van der Waals surface area (Å²) in [5, 5.41) is 49.4. The lowest BCUT2D eigenvalue weighted by Gasteiger charge is -2.41. The fraction of sp³-hybridized carbons (Fsp3) is 0.778. The number of phosphoric ester groups is 1. The predicted molar refractivity (Wildman–Crippen MR) is 132 cm³/mol. The lowest BCUT2D eigenvalue weighted by Crippen LogP contribution is -2.60. The molecule has 0 aromatic carbocycles. The molecule has 0 aliphatic carbocycles. The highest BCUT2D eigenvalue weighted by molar-refractivity contribution is 8.08. The molecule has 12 atom stereocenters. The van der Waals surface area contributed by atoms with E-state index in [1.807, 2.05) is 4.98 Å². The number of H-pyrrole nitrogens is 1. The average Bonchev–Trinajstić information content (AvgIpc) is 3.17. The monoisotopic (exact) mass is 641 g/mol. The molecule has 22 heteroatoms. The predicted octanol–water partition coefficient (Wildman–Crippen LogP) is -3.77. The number of aromatic amines is 1. The summed E-state index contributed by atoms with van der Waals surface area (Å²) < 4.78 is 52.0. The first kappa shape index (κ1) is 33.5. The van der Waals surface area contributed by atoms with E-state index in [0.29, 0.717) is 0 Å². The molecule has 7 unspecified atom stereocenters. The van der Waals surface area contributed by atoms with Gasteiger partial charge in [-0.05, 0) is 25.9 Å². The molecule has 8 N–H and O–H groups in total. The fourth-order valence-electron chi connectivity index (χ4n) is 4.12. The first-order valence-electron chi connectivity index (χ1n) is 11.4. The Morgan fingerprint density at radius 1 is 1.15 bits per heavy atom. The van der Waals surface area contributed by atoms with E-state index >= 15 is 0 Å². The highest BCUT2D eigenvalue weighted by atomic mass is 32.5. The molecule has 2 fully saturated rings. The molecule has 40 heavy (non-hydrogen) atoms. The number of phosphoric acid groups is 1. The summed E-state index contributed by atoms with van der Waals surface area (Å²) in [6, 6.07) is 0.181. The summed E-state index contributed by atoms with van der Waals surface area (Å²) in [5.74, 6) is 0. The van der Waals surface area contributed by atoms with Crippen molar-refractivity contribution < 1.29 is 67.1 Å². The first-order chi connectivity index (χ1) is 18.5. The summed E-state index contributed by atoms with van der Waals surface area (Å²) in [4.78, 5) is 47.6. The number of hydrogen-bond donors (Lipinski definition) is 8. The second kappa shape index (κ2) is 13.1. The molecule has 18 nitrogen and oxygen atoms in total. The van der Waals surface area contributed by atoms with E-state index in [9.17, 15) is 48.8 Å². The van der Waals surface area contributed by atoms with Crippen LogP contribution in [0.3, 0.4) is 0 Å². The van der Waals surface area contributed by atoms with Gasteiger partial charge in [-0.3, -0.25) is 23.8 Å². The van der Waals surface area contributed by atoms with Crippen molar-refractivity contribution in [2.45, 2.75) is 61.4 Å². The third-order valence-corrected chi connectivity index (χ3v) is 9.56. The van der Waals surface area contributed by atoms with Gasteiger partial charge in [-0.2, -0.15) is 0 Å². The van der Waals surface area contributed by atoms with Crippen LogP contribution in [0.1, 0.15) is 6.23 Å². The number of rotatable bonds is 11. The van der Waals surface area contributed by atoms with E-state index in [4.69, 9.17) is 30.9 Å². The van der Waals surface area contributed by atoms with Gasteiger partial charge in [0.2, 0.25) is 0 Å². The average molecular weight is 641 g/mol. The molecule has 2 saturated heterocycles. The Morgan fingerprint density at radius 3 is 2.38 bits per heavy atom. The zero-order valence-electron chi connectivity index (χ0n) is 20.8. The van der Waals surface area contributed by atoms with Gasteiger partial charge in [0, 0.05) is 12.3 Å². The van der Waals surface area contributed by atoms with Gasteiger partial charge in [0.05, 0.1) is 19.3 Å². The third kappa shape index (κ3) is 7.67. The van der Waals surface area contributed by atoms with Crippen LogP contribution in [-0.4, -0.2) is 132 Å². The maximum Gasteiger partial charge on any atom is 0.481 e. The van der Waals surface area contributed by atoms with Crippen molar-refractivity contribution >= 4 is 26.3 Å². The molecule has 0 spiro atoms. The Morgan fingerprint density at radius 2 is 1.80 bits per heavy atom. The quantitative estimate of drug-likeness (QED) is 0.108. The largest absolute Gasteiger partial charge is 0.481 e. The number of nitrogens with one attached hydrogen (secondary N) is 1. The number of aliphatic hydroxyl groups is 5. The van der Waals surface area contributed by atoms with Crippen LogP contribution in [0.2, 0.25) is 0 Å². The van der Waals surface area contributed by atoms with E-state index in [-0.39, 0.29) is 0 Å². The van der Waals surface area contributed by atoms with Gasteiger partial charge in [0.1, 0.15) is 36.6 Å². The van der Waals surface area contributed by atoms with Crippen LogP contribution in [0.25, 0.3) is 0 Å². The molecule has 0 radical (unpaired) electrons.